The zero-order valence-corrected chi connectivity index (χ0v) is 16.6. The Morgan fingerprint density at radius 1 is 0.800 bits per heavy atom. The van der Waals surface area contributed by atoms with Gasteiger partial charge in [-0.1, -0.05) is 18.2 Å². The third kappa shape index (κ3) is 10.9. The topological polar surface area (TPSA) is 136 Å². The molecule has 7 nitrogen and oxygen atoms in total. The van der Waals surface area contributed by atoms with Crippen LogP contribution in [0.15, 0.2) is 30.3 Å². The van der Waals surface area contributed by atoms with Gasteiger partial charge in [0.05, 0.1) is 0 Å². The molecule has 1 aromatic carbocycles. The summed E-state index contributed by atoms with van der Waals surface area (Å²) >= 11 is 0. The summed E-state index contributed by atoms with van der Waals surface area (Å²) in [6.45, 7) is 0. The van der Waals surface area contributed by atoms with Crippen LogP contribution in [0.5, 0.6) is 5.75 Å². The second-order valence-corrected chi connectivity index (χ2v) is 6.34. The number of ether oxygens (including phenoxy) is 1. The Balaban J connectivity index is -0.000000320. The van der Waals surface area contributed by atoms with Gasteiger partial charge in [0.2, 0.25) is 0 Å². The molecule has 0 saturated heterocycles. The fourth-order valence-corrected chi connectivity index (χ4v) is 2.81. The van der Waals surface area contributed by atoms with Crippen molar-refractivity contribution in [2.45, 2.75) is 5.59 Å². The van der Waals surface area contributed by atoms with Crippen LogP contribution in [0.2, 0.25) is 0 Å². The fraction of sp³-hybridized carbons (Fsp3) is 0.143. The van der Waals surface area contributed by atoms with Gasteiger partial charge in [0, 0.05) is 0 Å². The van der Waals surface area contributed by atoms with Gasteiger partial charge in [-0.05, 0) is 27.3 Å². The Labute approximate surface area is 178 Å². The third-order valence-electron chi connectivity index (χ3n) is 1.53. The summed E-state index contributed by atoms with van der Waals surface area (Å²) in [5.41, 5.74) is -2.91. The molecule has 0 amide bonds. The predicted octanol–water partition coefficient (Wildman–Crippen LogP) is -1.83. The molecule has 0 aromatic heterocycles. The summed E-state index contributed by atoms with van der Waals surface area (Å²) in [5.74, 6) is -0.189. The molecule has 0 radical (unpaired) electrons. The number of hydrogen-bond acceptors (Lipinski definition) is 7. The van der Waals surface area contributed by atoms with Crippen molar-refractivity contribution in [2.75, 3.05) is 0 Å². The molecule has 1 rings (SSSR count). The van der Waals surface area contributed by atoms with Crippen molar-refractivity contribution >= 4 is 15.2 Å². The summed E-state index contributed by atoms with van der Waals surface area (Å²) in [4.78, 5) is 42.2. The van der Waals surface area contributed by atoms with Gasteiger partial charge in [-0.25, -0.2) is 0 Å². The summed E-state index contributed by atoms with van der Waals surface area (Å²) in [6, 6.07) is 6.85. The van der Waals surface area contributed by atoms with Crippen molar-refractivity contribution in [1.82, 2.24) is 0 Å². The first-order valence-corrected chi connectivity index (χ1v) is 7.19. The van der Waals surface area contributed by atoms with Gasteiger partial charge in [-0.2, -0.15) is 0 Å². The average molecular weight is 696 g/mol. The first-order valence-electron chi connectivity index (χ1n) is 3.96. The molecule has 0 fully saturated rings. The zero-order valence-electron chi connectivity index (χ0n) is 8.92. The molecule has 0 aliphatic heterocycles. The Bertz CT molecular complexity index is 426. The van der Waals surface area contributed by atoms with Gasteiger partial charge < -0.3 is 33.4 Å². The van der Waals surface area contributed by atoms with E-state index in [4.69, 9.17) is 0 Å². The van der Waals surface area contributed by atoms with E-state index in [-0.39, 0.29) is 95.3 Å². The zero-order chi connectivity index (χ0) is 12.4. The summed E-state index contributed by atoms with van der Waals surface area (Å²) in [6.07, 6.45) is 0. The van der Waals surface area contributed by atoms with E-state index in [1.54, 1.807) is 6.07 Å². The van der Waals surface area contributed by atoms with Crippen LogP contribution in [-0.4, -0.2) is 5.59 Å². The summed E-state index contributed by atoms with van der Waals surface area (Å²) in [7, 11) is -11.3. The van der Waals surface area contributed by atoms with E-state index in [2.05, 4.69) is 4.74 Å². The van der Waals surface area contributed by atoms with E-state index < -0.39 is 20.8 Å². The normalized spacial score (nSPS) is 10.2. The van der Waals surface area contributed by atoms with Crippen LogP contribution in [0.25, 0.3) is 0 Å². The standard InChI is InChI=1S/C7H10O7P2.4Ag/c8-15(9,10)7(16(11,12)13)14-6-4-2-1-3-5-6;;;;/h1-5,7H,(H2,8,9,10)(H2,11,12,13);;;;/q;4*+1/p-4. The largest absolute Gasteiger partial charge is 1.00 e. The predicted molar refractivity (Wildman–Crippen MR) is 46.1 cm³/mol. The van der Waals surface area contributed by atoms with Gasteiger partial charge in [-0.3, -0.25) is 0 Å². The molecular formula is C7H6Ag4O7P2. The Kier molecular flexibility index (Phi) is 19.1. The molecule has 13 heteroatoms. The molecular weight excluding hydrogens is 689 g/mol. The van der Waals surface area contributed by atoms with Gasteiger partial charge in [0.25, 0.3) is 0 Å². The molecule has 20 heavy (non-hydrogen) atoms. The van der Waals surface area contributed by atoms with E-state index in [9.17, 15) is 28.7 Å². The maximum Gasteiger partial charge on any atom is 1.00 e. The molecule has 0 heterocycles. The second kappa shape index (κ2) is 12.7. The van der Waals surface area contributed by atoms with Gasteiger partial charge in [0.1, 0.15) is 11.3 Å². The van der Waals surface area contributed by atoms with Crippen molar-refractivity contribution < 1.29 is 123 Å². The van der Waals surface area contributed by atoms with Crippen LogP contribution in [0.3, 0.4) is 0 Å². The van der Waals surface area contributed by atoms with E-state index in [1.807, 2.05) is 0 Å². The fourth-order valence-electron chi connectivity index (χ4n) is 0.923. The van der Waals surface area contributed by atoms with E-state index in [0.29, 0.717) is 0 Å². The van der Waals surface area contributed by atoms with Crippen molar-refractivity contribution in [3.05, 3.63) is 30.3 Å². The Morgan fingerprint density at radius 2 is 1.15 bits per heavy atom. The molecule has 0 aliphatic rings. The number of rotatable bonds is 4. The van der Waals surface area contributed by atoms with Crippen LogP contribution in [0.4, 0.5) is 0 Å². The van der Waals surface area contributed by atoms with E-state index >= 15 is 0 Å². The monoisotopic (exact) mass is 692 g/mol. The van der Waals surface area contributed by atoms with Gasteiger partial charge in [-0.15, -0.1) is 0 Å². The van der Waals surface area contributed by atoms with Crippen molar-refractivity contribution in [3.63, 3.8) is 0 Å². The first-order chi connectivity index (χ1) is 7.21. The first kappa shape index (κ1) is 30.2. The minimum Gasteiger partial charge on any atom is -0.808 e. The van der Waals surface area contributed by atoms with Crippen LogP contribution in [0, 0.1) is 0 Å². The average Bonchev–Trinajstić information content (AvgIpc) is 2.12. The number of hydrogen-bond donors (Lipinski definition) is 0. The molecule has 0 atom stereocenters. The maximum absolute atomic E-state index is 10.6. The van der Waals surface area contributed by atoms with Gasteiger partial charge >= 0.3 is 89.5 Å². The number of para-hydroxylation sites is 1. The smallest absolute Gasteiger partial charge is 0.808 e. The van der Waals surface area contributed by atoms with Crippen molar-refractivity contribution in [2.24, 2.45) is 0 Å². The molecule has 0 bridgehead atoms. The number of benzene rings is 1. The Morgan fingerprint density at radius 3 is 1.45 bits per heavy atom. The van der Waals surface area contributed by atoms with E-state index in [1.165, 1.54) is 24.3 Å². The molecule has 0 saturated carbocycles. The van der Waals surface area contributed by atoms with Crippen LogP contribution >= 0.6 is 15.2 Å². The summed E-state index contributed by atoms with van der Waals surface area (Å²) < 4.78 is 25.5. The molecule has 130 valence electrons. The van der Waals surface area contributed by atoms with Crippen LogP contribution < -0.4 is 24.3 Å². The maximum atomic E-state index is 10.6. The van der Waals surface area contributed by atoms with Crippen molar-refractivity contribution in [3.8, 4) is 5.75 Å². The molecule has 1 aromatic rings. The van der Waals surface area contributed by atoms with Crippen LogP contribution in [-0.2, 0) is 98.7 Å². The SMILES string of the molecule is O=P([O-])([O-])C(Oc1ccccc1)P(=O)([O-])[O-].[Ag+].[Ag+].[Ag+].[Ag+]. The molecule has 0 spiro atoms. The van der Waals surface area contributed by atoms with Crippen LogP contribution in [0.1, 0.15) is 0 Å². The minimum absolute atomic E-state index is 0. The van der Waals surface area contributed by atoms with E-state index in [0.717, 1.165) is 0 Å². The molecule has 0 unspecified atom stereocenters. The molecule has 0 N–H and O–H groups in total. The minimum atomic E-state index is -5.67. The second-order valence-electron chi connectivity index (χ2n) is 2.84. The quantitative estimate of drug-likeness (QED) is 0.267. The van der Waals surface area contributed by atoms with Gasteiger partial charge in [0.15, 0.2) is 0 Å². The third-order valence-corrected chi connectivity index (χ3v) is 4.52. The summed E-state index contributed by atoms with van der Waals surface area (Å²) in [5, 5.41) is 0. The van der Waals surface area contributed by atoms with Crippen molar-refractivity contribution in [1.29, 1.82) is 0 Å². The molecule has 0 aliphatic carbocycles. The Hall–Kier alpha value is 2.28.